The third-order valence-corrected chi connectivity index (χ3v) is 26.5. The highest BCUT2D eigenvalue weighted by Gasteiger charge is 2.33. The maximum absolute atomic E-state index is 14.6. The molecule has 35 nitrogen and oxygen atoms in total. The van der Waals surface area contributed by atoms with Gasteiger partial charge in [-0.25, -0.2) is 0 Å². The minimum absolute atomic E-state index is 0.263. The molecule has 10 rings (SSSR count). The molecule has 1 atom stereocenters. The first kappa shape index (κ1) is 122. The van der Waals surface area contributed by atoms with Gasteiger partial charge in [-0.1, -0.05) is 282 Å². The Morgan fingerprint density at radius 2 is 0.472 bits per heavy atom. The molecule has 0 aliphatic carbocycles. The molecule has 0 spiro atoms. The van der Waals surface area contributed by atoms with Crippen LogP contribution in [0.1, 0.15) is 159 Å². The third-order valence-electron chi connectivity index (χ3n) is 22.3. The van der Waals surface area contributed by atoms with Crippen molar-refractivity contribution < 1.29 is 86.3 Å². The van der Waals surface area contributed by atoms with E-state index in [0.29, 0.717) is 94.8 Å². The average molecular weight is 2070 g/mol. The SMILES string of the molecule is CC(C)(C)c1cc2c(OCC(=O)NCCC[N+](C)(C)Cc3ccccc3)c(c1)Sc1cc(C(C)(C)C)cc(c1OCC(=O)NCCC[N+](C)(C)Cc1ccccc1)Sc1cc(C(C)(C)C)cc(c1OCC(=O)NCCC[N+](C)(C)Cc1ccccc1)Sc1cc(C(C)(C)C)cc(c1OCC(=O)NCCC[N+](C)(C)Cc1ccccc1)S2.NC(Cc1ccccc1)C(=O)O.O=[N+]([O-])[O-].O=[N+]([O-])[O-].O=[N+]([O-])[O-].O=[N+]([O-])[O-]. The van der Waals surface area contributed by atoms with E-state index in [2.05, 4.69) is 306 Å². The van der Waals surface area contributed by atoms with Gasteiger partial charge in [0.2, 0.25) is 0 Å². The molecule has 0 fully saturated rings. The van der Waals surface area contributed by atoms with E-state index in [1.54, 1.807) is 0 Å². The maximum atomic E-state index is 14.6. The Hall–Kier alpha value is -12.5. The number of benzene rings is 9. The second kappa shape index (κ2) is 57.9. The number of nitrogens with one attached hydrogen (secondary N) is 4. The second-order valence-corrected chi connectivity index (χ2v) is 45.7. The largest absolute Gasteiger partial charge is 0.481 e. The van der Waals surface area contributed by atoms with Gasteiger partial charge in [0.15, 0.2) is 26.4 Å². The summed E-state index contributed by atoms with van der Waals surface area (Å²) < 4.78 is 31.6. The summed E-state index contributed by atoms with van der Waals surface area (Å²) in [6.07, 6.45) is 3.39. The number of ether oxygens (including phenoxy) is 4. The number of hydrogen-bond acceptors (Lipinski definition) is 26. The normalized spacial score (nSPS) is 12.2. The Kier molecular flexibility index (Phi) is 49.0. The zero-order valence-electron chi connectivity index (χ0n) is 86.3. The van der Waals surface area contributed by atoms with Gasteiger partial charge in [-0.15, -0.1) is 0 Å². The van der Waals surface area contributed by atoms with Crippen molar-refractivity contribution >= 4 is 76.6 Å². The molecule has 1 unspecified atom stereocenters. The van der Waals surface area contributed by atoms with Gasteiger partial charge in [0.05, 0.1) is 142 Å². The molecule has 9 aromatic carbocycles. The first-order valence-electron chi connectivity index (χ1n) is 46.9. The van der Waals surface area contributed by atoms with E-state index in [-0.39, 0.29) is 50.1 Å². The summed E-state index contributed by atoms with van der Waals surface area (Å²) in [5.41, 5.74) is 13.7. The molecule has 7 N–H and O–H groups in total. The number of nitrogens with two attached hydrogens (primary N) is 1. The quantitative estimate of drug-likeness (QED) is 0.00902. The first-order valence-corrected chi connectivity index (χ1v) is 50.2. The number of amides is 4. The zero-order chi connectivity index (χ0) is 108. The van der Waals surface area contributed by atoms with Gasteiger partial charge >= 0.3 is 5.97 Å². The molecular formula is C105H143N13O22S4. The lowest BCUT2D eigenvalue weighted by molar-refractivity contribution is -0.903. The van der Waals surface area contributed by atoms with Gasteiger partial charge < -0.3 is 130 Å². The van der Waals surface area contributed by atoms with Crippen LogP contribution in [0.2, 0.25) is 0 Å². The number of hydrogen-bond donors (Lipinski definition) is 6. The fourth-order valence-electron chi connectivity index (χ4n) is 15.0. The van der Waals surface area contributed by atoms with E-state index in [0.717, 1.165) is 124 Å². The van der Waals surface area contributed by atoms with Crippen LogP contribution in [-0.4, -0.2) is 214 Å². The lowest BCUT2D eigenvalue weighted by Crippen LogP contribution is -2.41. The molecule has 1 aliphatic heterocycles. The minimum Gasteiger partial charge on any atom is -0.481 e. The topological polar surface area (TPSA) is 481 Å². The Morgan fingerprint density at radius 3 is 0.625 bits per heavy atom. The van der Waals surface area contributed by atoms with E-state index in [9.17, 15) is 24.0 Å². The van der Waals surface area contributed by atoms with E-state index in [4.69, 9.17) is 91.1 Å². The van der Waals surface area contributed by atoms with Crippen LogP contribution in [0, 0.1) is 61.3 Å². The smallest absolute Gasteiger partial charge is 0.320 e. The lowest BCUT2D eigenvalue weighted by atomic mass is 9.87. The van der Waals surface area contributed by atoms with Crippen molar-refractivity contribution in [3.63, 3.8) is 0 Å². The highest BCUT2D eigenvalue weighted by molar-refractivity contribution is 8.01. The van der Waals surface area contributed by atoms with Crippen LogP contribution in [0.5, 0.6) is 23.0 Å². The summed E-state index contributed by atoms with van der Waals surface area (Å²) in [6.45, 7) is 33.8. The molecule has 144 heavy (non-hydrogen) atoms. The third kappa shape index (κ3) is 47.8. The summed E-state index contributed by atoms with van der Waals surface area (Å²) in [5, 5.41) is 80.4. The summed E-state index contributed by atoms with van der Waals surface area (Å²) in [7, 11) is 17.7. The van der Waals surface area contributed by atoms with Gasteiger partial charge in [-0.05, 0) is 104 Å². The van der Waals surface area contributed by atoms with E-state index in [1.165, 1.54) is 69.3 Å². The fourth-order valence-corrected chi connectivity index (χ4v) is 19.8. The van der Waals surface area contributed by atoms with Crippen LogP contribution in [0.15, 0.2) is 239 Å². The first-order chi connectivity index (χ1) is 67.2. The van der Waals surface area contributed by atoms with E-state index < -0.39 is 54.0 Å². The van der Waals surface area contributed by atoms with Gasteiger partial charge in [0.1, 0.15) is 55.2 Å². The van der Waals surface area contributed by atoms with Crippen LogP contribution in [0.25, 0.3) is 0 Å². The number of carbonyl (C=O) groups excluding carboxylic acids is 4. The number of carboxylic acid groups (broad SMARTS) is 1. The Labute approximate surface area is 862 Å². The predicted octanol–water partition coefficient (Wildman–Crippen LogP) is 18.1. The Bertz CT molecular complexity index is 4900. The van der Waals surface area contributed by atoms with E-state index >= 15 is 0 Å². The monoisotopic (exact) mass is 2070 g/mol. The summed E-state index contributed by atoms with van der Waals surface area (Å²) in [4.78, 5) is 107. The van der Waals surface area contributed by atoms with Crippen LogP contribution in [-0.2, 0) is 78.2 Å². The molecule has 0 saturated carbocycles. The second-order valence-electron chi connectivity index (χ2n) is 41.3. The van der Waals surface area contributed by atoms with Crippen molar-refractivity contribution in [2.45, 2.75) is 208 Å². The molecular weight excluding hydrogens is 1920 g/mol. The number of carboxylic acids is 1. The lowest BCUT2D eigenvalue weighted by Gasteiger charge is -2.30. The maximum Gasteiger partial charge on any atom is 0.320 e. The molecule has 0 saturated heterocycles. The van der Waals surface area contributed by atoms with Crippen LogP contribution in [0.3, 0.4) is 0 Å². The number of quaternary nitrogens is 4. The van der Waals surface area contributed by atoms with Crippen molar-refractivity contribution in [3.8, 4) is 23.0 Å². The number of aliphatic carboxylic acids is 1. The van der Waals surface area contributed by atoms with Crippen LogP contribution < -0.4 is 45.9 Å². The Balaban J connectivity index is 0.00000114. The van der Waals surface area contributed by atoms with Gasteiger partial charge in [0, 0.05) is 74.1 Å². The van der Waals surface area contributed by atoms with Crippen molar-refractivity contribution in [1.82, 2.24) is 21.3 Å². The van der Waals surface area contributed by atoms with E-state index in [1.807, 2.05) is 54.6 Å². The van der Waals surface area contributed by atoms with Crippen LogP contribution in [0.4, 0.5) is 0 Å². The molecule has 0 radical (unpaired) electrons. The van der Waals surface area contributed by atoms with Crippen molar-refractivity contribution in [1.29, 1.82) is 0 Å². The number of rotatable bonds is 39. The van der Waals surface area contributed by atoms with Gasteiger partial charge in [0.25, 0.3) is 23.6 Å². The number of nitrogens with zero attached hydrogens (tertiary/aromatic N) is 8. The molecule has 4 amide bonds. The fraction of sp³-hybridized carbons (Fsp3) is 0.438. The molecule has 0 aromatic heterocycles. The van der Waals surface area contributed by atoms with Crippen molar-refractivity contribution in [2.24, 2.45) is 5.73 Å². The van der Waals surface area contributed by atoms with Gasteiger partial charge in [-0.3, -0.25) is 24.0 Å². The molecule has 9 aromatic rings. The van der Waals surface area contributed by atoms with Crippen molar-refractivity contribution in [2.75, 3.05) is 135 Å². The summed E-state index contributed by atoms with van der Waals surface area (Å²) >= 11 is 5.89. The van der Waals surface area contributed by atoms with Gasteiger partial charge in [-0.2, -0.15) is 0 Å². The molecule has 1 heterocycles. The molecule has 784 valence electrons. The molecule has 39 heteroatoms. The molecule has 8 bridgehead atoms. The highest BCUT2D eigenvalue weighted by atomic mass is 32.2. The Morgan fingerprint density at radius 1 is 0.312 bits per heavy atom. The van der Waals surface area contributed by atoms with Crippen molar-refractivity contribution in [3.05, 3.63) is 312 Å². The number of fused-ring (bicyclic) bond motifs is 8. The highest BCUT2D eigenvalue weighted by Crippen LogP contribution is 2.57. The minimum atomic E-state index is -1.75. The predicted molar refractivity (Wildman–Crippen MR) is 565 cm³/mol. The summed E-state index contributed by atoms with van der Waals surface area (Å²) in [5.74, 6) is -0.123. The standard InChI is InChI=1S/C96H128N8O8S4.C9H11NO2.4NO3/c1-93(2,3)73-53-77-89(109-65-85(105)97-45-33-49-101(13,14)61-69-37-25-21-26-38-69)78(54-73)114-80-56-75(95(7,8)9)58-82(91(80)111-67-87(107)99-47-35-51-103(17,18)63-71-41-29-23-30-42-71)116-84-60-76(96(10,11)12)59-83(92(84)112-68-88(108)100-48-36-52-104(19,20)64-72-43-31-24-32-44-72)115-81-57-74(94(4,5)6)55-79(113-77)90(81)110-66-86(106)98-46-34-50-102(15,16)62-70-39-27-22-28-40-70;10-8(9(11)12)6-7-4-2-1-3-5-7;4*2-1(3)4/h21-32,37-44,53-60H,33-36,45-52,61-68H2,1-20H3;1-5,8H,6,10H2,(H,11,12);;;;/q;;4*-1/p+4. The number of carbonyl (C=O) groups is 5. The zero-order valence-corrected chi connectivity index (χ0v) is 89.6. The molecule has 1 aliphatic rings. The summed E-state index contributed by atoms with van der Waals surface area (Å²) in [6, 6.07) is 67.9. The average Bonchev–Trinajstić information content (AvgIpc) is 0.757. The van der Waals surface area contributed by atoms with Crippen LogP contribution >= 0.6 is 47.0 Å².